The molecular weight excluding hydrogens is 322 g/mol. The number of hydrogen-bond donors (Lipinski definition) is 0. The summed E-state index contributed by atoms with van der Waals surface area (Å²) in [6.07, 6.45) is 1.28. The summed E-state index contributed by atoms with van der Waals surface area (Å²) in [6, 6.07) is 20.0. The fourth-order valence-corrected chi connectivity index (χ4v) is 4.23. The Morgan fingerprint density at radius 2 is 1.73 bits per heavy atom. The Balaban J connectivity index is 1.27. The van der Waals surface area contributed by atoms with Crippen molar-refractivity contribution in [2.24, 2.45) is 0 Å². The molecular formula is C22H29N3O. The van der Waals surface area contributed by atoms with Gasteiger partial charge < -0.3 is 9.64 Å². The first-order chi connectivity index (χ1) is 12.8. The first-order valence-corrected chi connectivity index (χ1v) is 9.71. The summed E-state index contributed by atoms with van der Waals surface area (Å²) in [5.41, 5.74) is 2.71. The highest BCUT2D eigenvalue weighted by Crippen LogP contribution is 2.24. The van der Waals surface area contributed by atoms with Gasteiger partial charge in [-0.25, -0.2) is 0 Å². The highest BCUT2D eigenvalue weighted by Gasteiger charge is 2.30. The topological polar surface area (TPSA) is 19.0 Å². The van der Waals surface area contributed by atoms with E-state index < -0.39 is 0 Å². The van der Waals surface area contributed by atoms with Gasteiger partial charge in [0.05, 0.1) is 7.11 Å². The number of benzene rings is 2. The van der Waals surface area contributed by atoms with Crippen molar-refractivity contribution in [3.05, 3.63) is 60.2 Å². The van der Waals surface area contributed by atoms with Crippen molar-refractivity contribution in [2.45, 2.75) is 19.0 Å². The van der Waals surface area contributed by atoms with Gasteiger partial charge in [-0.3, -0.25) is 9.80 Å². The second-order valence-electron chi connectivity index (χ2n) is 7.39. The highest BCUT2D eigenvalue weighted by molar-refractivity contribution is 5.47. The summed E-state index contributed by atoms with van der Waals surface area (Å²) >= 11 is 0. The summed E-state index contributed by atoms with van der Waals surface area (Å²) in [7, 11) is 1.73. The van der Waals surface area contributed by atoms with Gasteiger partial charge in [-0.1, -0.05) is 30.3 Å². The van der Waals surface area contributed by atoms with Crippen molar-refractivity contribution in [1.82, 2.24) is 9.80 Å². The minimum Gasteiger partial charge on any atom is -0.497 e. The van der Waals surface area contributed by atoms with Crippen LogP contribution in [0.25, 0.3) is 0 Å². The number of methoxy groups -OCH3 is 1. The molecule has 2 heterocycles. The molecule has 4 heteroatoms. The molecule has 2 aliphatic heterocycles. The van der Waals surface area contributed by atoms with Gasteiger partial charge in [0, 0.05) is 57.5 Å². The second-order valence-corrected chi connectivity index (χ2v) is 7.39. The van der Waals surface area contributed by atoms with Crippen molar-refractivity contribution >= 4 is 5.69 Å². The number of nitrogens with zero attached hydrogens (tertiary/aromatic N) is 3. The average Bonchev–Trinajstić information content (AvgIpc) is 3.20. The van der Waals surface area contributed by atoms with E-state index >= 15 is 0 Å². The second kappa shape index (κ2) is 8.11. The van der Waals surface area contributed by atoms with Gasteiger partial charge in [0.15, 0.2) is 0 Å². The van der Waals surface area contributed by atoms with Gasteiger partial charge in [-0.05, 0) is 36.2 Å². The monoisotopic (exact) mass is 351 g/mol. The maximum Gasteiger partial charge on any atom is 0.119 e. The lowest BCUT2D eigenvalue weighted by Gasteiger charge is -2.38. The lowest BCUT2D eigenvalue weighted by Crippen LogP contribution is -2.50. The Bertz CT molecular complexity index is 698. The molecule has 2 aromatic carbocycles. The fourth-order valence-electron chi connectivity index (χ4n) is 4.23. The third-order valence-electron chi connectivity index (χ3n) is 5.75. The molecule has 0 saturated carbocycles. The van der Waals surface area contributed by atoms with Gasteiger partial charge in [0.2, 0.25) is 0 Å². The number of rotatable bonds is 5. The van der Waals surface area contributed by atoms with E-state index in [4.69, 9.17) is 4.74 Å². The maximum absolute atomic E-state index is 5.34. The first-order valence-electron chi connectivity index (χ1n) is 9.71. The van der Waals surface area contributed by atoms with E-state index in [0.717, 1.165) is 25.4 Å². The molecule has 2 saturated heterocycles. The van der Waals surface area contributed by atoms with Crippen molar-refractivity contribution < 1.29 is 4.74 Å². The summed E-state index contributed by atoms with van der Waals surface area (Å²) in [6.45, 7) is 8.02. The molecule has 0 bridgehead atoms. The Morgan fingerprint density at radius 1 is 0.923 bits per heavy atom. The van der Waals surface area contributed by atoms with E-state index in [0.29, 0.717) is 6.04 Å². The quantitative estimate of drug-likeness (QED) is 0.824. The van der Waals surface area contributed by atoms with E-state index in [-0.39, 0.29) is 0 Å². The van der Waals surface area contributed by atoms with Crippen LogP contribution in [0.3, 0.4) is 0 Å². The van der Waals surface area contributed by atoms with E-state index in [9.17, 15) is 0 Å². The van der Waals surface area contributed by atoms with Crippen LogP contribution < -0.4 is 9.64 Å². The zero-order chi connectivity index (χ0) is 17.8. The summed E-state index contributed by atoms with van der Waals surface area (Å²) in [5, 5.41) is 0. The van der Waals surface area contributed by atoms with Crippen molar-refractivity contribution in [3.63, 3.8) is 0 Å². The molecule has 0 amide bonds. The molecule has 0 radical (unpaired) electrons. The standard InChI is InChI=1S/C22H29N3O/c1-26-22-9-5-6-19(16-22)17-23-12-14-24(15-13-23)21-10-11-25(18-21)20-7-3-2-4-8-20/h2-9,16,21H,10-15,17-18H2,1H3. The molecule has 0 N–H and O–H groups in total. The molecule has 4 nitrogen and oxygen atoms in total. The SMILES string of the molecule is COc1cccc(CN2CCN(C3CCN(c4ccccc4)C3)CC2)c1. The summed E-state index contributed by atoms with van der Waals surface area (Å²) in [4.78, 5) is 7.80. The molecule has 0 aliphatic carbocycles. The van der Waals surface area contributed by atoms with Gasteiger partial charge in [0.1, 0.15) is 5.75 Å². The van der Waals surface area contributed by atoms with E-state index in [1.54, 1.807) is 7.11 Å². The molecule has 2 fully saturated rings. The predicted molar refractivity (Wildman–Crippen MR) is 107 cm³/mol. The number of piperazine rings is 1. The largest absolute Gasteiger partial charge is 0.497 e. The van der Waals surface area contributed by atoms with Crippen LogP contribution >= 0.6 is 0 Å². The van der Waals surface area contributed by atoms with Gasteiger partial charge in [-0.15, -0.1) is 0 Å². The normalized spacial score (nSPS) is 21.9. The fraction of sp³-hybridized carbons (Fsp3) is 0.455. The molecule has 0 aromatic heterocycles. The van der Waals surface area contributed by atoms with Gasteiger partial charge in [-0.2, -0.15) is 0 Å². The summed E-state index contributed by atoms with van der Waals surface area (Å²) < 4.78 is 5.34. The van der Waals surface area contributed by atoms with Crippen LogP contribution in [0.1, 0.15) is 12.0 Å². The number of anilines is 1. The molecule has 26 heavy (non-hydrogen) atoms. The minimum absolute atomic E-state index is 0.703. The molecule has 2 aliphatic rings. The molecule has 0 spiro atoms. The lowest BCUT2D eigenvalue weighted by molar-refractivity contribution is 0.0987. The molecule has 1 atom stereocenters. The Kier molecular flexibility index (Phi) is 5.42. The Hall–Kier alpha value is -2.04. The van der Waals surface area contributed by atoms with Gasteiger partial charge in [0.25, 0.3) is 0 Å². The third-order valence-corrected chi connectivity index (χ3v) is 5.75. The van der Waals surface area contributed by atoms with Crippen LogP contribution in [0.15, 0.2) is 54.6 Å². The van der Waals surface area contributed by atoms with Crippen molar-refractivity contribution in [1.29, 1.82) is 0 Å². The van der Waals surface area contributed by atoms with E-state index in [1.807, 2.05) is 6.07 Å². The van der Waals surface area contributed by atoms with Crippen LogP contribution in [0.2, 0.25) is 0 Å². The van der Waals surface area contributed by atoms with E-state index in [2.05, 4.69) is 63.2 Å². The highest BCUT2D eigenvalue weighted by atomic mass is 16.5. The molecule has 138 valence electrons. The zero-order valence-corrected chi connectivity index (χ0v) is 15.7. The van der Waals surface area contributed by atoms with Gasteiger partial charge >= 0.3 is 0 Å². The van der Waals surface area contributed by atoms with E-state index in [1.165, 1.54) is 43.9 Å². The van der Waals surface area contributed by atoms with Crippen LogP contribution in [-0.2, 0) is 6.54 Å². The lowest BCUT2D eigenvalue weighted by atomic mass is 10.1. The molecule has 4 rings (SSSR count). The Labute approximate surface area is 157 Å². The summed E-state index contributed by atoms with van der Waals surface area (Å²) in [5.74, 6) is 0.952. The van der Waals surface area contributed by atoms with Crippen molar-refractivity contribution in [3.8, 4) is 5.75 Å². The smallest absolute Gasteiger partial charge is 0.119 e. The number of hydrogen-bond acceptors (Lipinski definition) is 4. The number of para-hydroxylation sites is 1. The van der Waals surface area contributed by atoms with Crippen LogP contribution in [0, 0.1) is 0 Å². The predicted octanol–water partition coefficient (Wildman–Crippen LogP) is 3.09. The zero-order valence-electron chi connectivity index (χ0n) is 15.7. The van der Waals surface area contributed by atoms with Crippen LogP contribution in [0.4, 0.5) is 5.69 Å². The number of ether oxygens (including phenoxy) is 1. The first kappa shape index (κ1) is 17.4. The minimum atomic E-state index is 0.703. The third kappa shape index (κ3) is 4.02. The molecule has 1 unspecified atom stereocenters. The maximum atomic E-state index is 5.34. The molecule has 2 aromatic rings. The average molecular weight is 351 g/mol. The van der Waals surface area contributed by atoms with Crippen LogP contribution in [-0.4, -0.2) is 62.2 Å². The Morgan fingerprint density at radius 3 is 2.50 bits per heavy atom. The van der Waals surface area contributed by atoms with Crippen LogP contribution in [0.5, 0.6) is 5.75 Å². The van der Waals surface area contributed by atoms with Crippen molar-refractivity contribution in [2.75, 3.05) is 51.3 Å².